The summed E-state index contributed by atoms with van der Waals surface area (Å²) in [5, 5.41) is 0.648. The summed E-state index contributed by atoms with van der Waals surface area (Å²) in [7, 11) is 7.24. The number of para-hydroxylation sites is 2. The summed E-state index contributed by atoms with van der Waals surface area (Å²) in [6.45, 7) is 3.35. The van der Waals surface area contributed by atoms with E-state index in [2.05, 4.69) is 4.90 Å². The topological polar surface area (TPSA) is 64.1 Å². The van der Waals surface area contributed by atoms with Gasteiger partial charge in [0.25, 0.3) is 5.91 Å². The molecule has 3 aromatic rings. The summed E-state index contributed by atoms with van der Waals surface area (Å²) < 4.78 is 17.6. The van der Waals surface area contributed by atoms with E-state index in [-0.39, 0.29) is 12.5 Å². The lowest BCUT2D eigenvalue weighted by Crippen LogP contribution is -2.36. The highest BCUT2D eigenvalue weighted by Crippen LogP contribution is 2.36. The van der Waals surface area contributed by atoms with Crippen LogP contribution in [0.5, 0.6) is 17.2 Å². The van der Waals surface area contributed by atoms with Gasteiger partial charge in [-0.05, 0) is 57.7 Å². The molecule has 0 N–H and O–H groups in total. The van der Waals surface area contributed by atoms with Crippen molar-refractivity contribution in [3.05, 3.63) is 42.0 Å². The molecule has 0 spiro atoms. The fourth-order valence-electron chi connectivity index (χ4n) is 3.21. The van der Waals surface area contributed by atoms with Gasteiger partial charge in [-0.25, -0.2) is 4.98 Å². The van der Waals surface area contributed by atoms with Crippen molar-refractivity contribution in [3.8, 4) is 17.2 Å². The van der Waals surface area contributed by atoms with Gasteiger partial charge in [-0.2, -0.15) is 0 Å². The molecule has 0 bridgehead atoms. The maximum atomic E-state index is 13.2. The van der Waals surface area contributed by atoms with Crippen LogP contribution in [0.3, 0.4) is 0 Å². The van der Waals surface area contributed by atoms with E-state index in [0.717, 1.165) is 28.7 Å². The summed E-state index contributed by atoms with van der Waals surface area (Å²) in [6.07, 6.45) is 0.819. The Bertz CT molecular complexity index is 1030. The van der Waals surface area contributed by atoms with Crippen molar-refractivity contribution < 1.29 is 19.0 Å². The number of carbonyl (C=O) groups excluding carboxylic acids is 1. The minimum Gasteiger partial charge on any atom is -0.494 e. The van der Waals surface area contributed by atoms with Crippen LogP contribution in [-0.4, -0.2) is 63.8 Å². The molecule has 3 rings (SSSR count). The smallest absolute Gasteiger partial charge is 0.266 e. The molecule has 0 saturated carbocycles. The van der Waals surface area contributed by atoms with Crippen LogP contribution in [0.15, 0.2) is 36.4 Å². The van der Waals surface area contributed by atoms with Crippen molar-refractivity contribution in [2.24, 2.45) is 0 Å². The van der Waals surface area contributed by atoms with Crippen molar-refractivity contribution >= 4 is 32.6 Å². The molecule has 31 heavy (non-hydrogen) atoms. The summed E-state index contributed by atoms with van der Waals surface area (Å²) in [5.74, 6) is 1.68. The van der Waals surface area contributed by atoms with Gasteiger partial charge in [-0.3, -0.25) is 9.69 Å². The highest BCUT2D eigenvalue weighted by atomic mass is 32.1. The molecule has 0 aliphatic rings. The lowest BCUT2D eigenvalue weighted by atomic mass is 10.2. The maximum absolute atomic E-state index is 13.2. The highest BCUT2D eigenvalue weighted by molar-refractivity contribution is 7.22. The van der Waals surface area contributed by atoms with E-state index < -0.39 is 0 Å². The first kappa shape index (κ1) is 22.8. The summed E-state index contributed by atoms with van der Waals surface area (Å²) in [6, 6.07) is 11.2. The van der Waals surface area contributed by atoms with Crippen LogP contribution >= 0.6 is 11.3 Å². The van der Waals surface area contributed by atoms with Crippen LogP contribution in [0.2, 0.25) is 0 Å². The normalized spacial score (nSPS) is 11.0. The number of benzene rings is 2. The number of hydrogen-bond donors (Lipinski definition) is 0. The van der Waals surface area contributed by atoms with Crippen LogP contribution in [0.1, 0.15) is 12.0 Å². The van der Waals surface area contributed by atoms with Crippen LogP contribution in [0.4, 0.5) is 5.13 Å². The molecule has 0 saturated heterocycles. The fourth-order valence-corrected chi connectivity index (χ4v) is 4.30. The third kappa shape index (κ3) is 5.45. The number of nitrogens with zero attached hydrogens (tertiary/aromatic N) is 3. The van der Waals surface area contributed by atoms with Crippen molar-refractivity contribution in [1.29, 1.82) is 0 Å². The number of carbonyl (C=O) groups is 1. The molecule has 1 amide bonds. The molecular formula is C23H29N3O4S. The molecule has 0 fully saturated rings. The summed E-state index contributed by atoms with van der Waals surface area (Å²) in [4.78, 5) is 21.8. The SMILES string of the molecule is COc1ccccc1OCC(=O)N(CCCN(C)C)c1nc2c(OC)ccc(C)c2s1. The Labute approximate surface area is 187 Å². The Morgan fingerprint density at radius 1 is 1.00 bits per heavy atom. The Hall–Kier alpha value is -2.84. The average molecular weight is 444 g/mol. The number of thiazole rings is 1. The number of ether oxygens (including phenoxy) is 3. The van der Waals surface area contributed by atoms with Gasteiger partial charge in [-0.1, -0.05) is 29.5 Å². The molecule has 0 aliphatic heterocycles. The molecular weight excluding hydrogens is 414 g/mol. The molecule has 0 atom stereocenters. The third-order valence-corrected chi connectivity index (χ3v) is 6.06. The third-order valence-electron chi connectivity index (χ3n) is 4.85. The zero-order valence-corrected chi connectivity index (χ0v) is 19.5. The molecule has 7 nitrogen and oxygen atoms in total. The minimum absolute atomic E-state index is 0.103. The van der Waals surface area contributed by atoms with Gasteiger partial charge in [0.05, 0.1) is 18.9 Å². The van der Waals surface area contributed by atoms with Gasteiger partial charge in [0.15, 0.2) is 23.2 Å². The Balaban J connectivity index is 1.86. The van der Waals surface area contributed by atoms with E-state index in [9.17, 15) is 4.79 Å². The van der Waals surface area contributed by atoms with Crippen LogP contribution in [0, 0.1) is 6.92 Å². The molecule has 1 aromatic heterocycles. The molecule has 2 aromatic carbocycles. The Morgan fingerprint density at radius 2 is 1.71 bits per heavy atom. The number of aromatic nitrogens is 1. The van der Waals surface area contributed by atoms with Gasteiger partial charge >= 0.3 is 0 Å². The average Bonchev–Trinajstić information content (AvgIpc) is 3.21. The molecule has 166 valence electrons. The van der Waals surface area contributed by atoms with Crippen molar-refractivity contribution in [1.82, 2.24) is 9.88 Å². The standard InChI is InChI=1S/C23H29N3O4S/c1-16-11-12-19(29-5)21-22(16)31-23(24-21)26(14-8-13-25(2)3)20(27)15-30-18-10-7-6-9-17(18)28-4/h6-7,9-12H,8,13-15H2,1-5H3. The lowest BCUT2D eigenvalue weighted by Gasteiger charge is -2.21. The zero-order valence-electron chi connectivity index (χ0n) is 18.7. The predicted molar refractivity (Wildman–Crippen MR) is 125 cm³/mol. The first-order valence-electron chi connectivity index (χ1n) is 10.1. The van der Waals surface area contributed by atoms with Crippen molar-refractivity contribution in [2.45, 2.75) is 13.3 Å². The van der Waals surface area contributed by atoms with E-state index in [4.69, 9.17) is 19.2 Å². The van der Waals surface area contributed by atoms with E-state index in [0.29, 0.717) is 28.9 Å². The zero-order chi connectivity index (χ0) is 22.4. The van der Waals surface area contributed by atoms with Gasteiger partial charge in [0, 0.05) is 6.54 Å². The molecule has 0 unspecified atom stereocenters. The number of anilines is 1. The quantitative estimate of drug-likeness (QED) is 0.472. The van der Waals surface area contributed by atoms with Crippen molar-refractivity contribution in [2.75, 3.05) is 52.9 Å². The van der Waals surface area contributed by atoms with Crippen LogP contribution < -0.4 is 19.1 Å². The summed E-state index contributed by atoms with van der Waals surface area (Å²) >= 11 is 1.50. The minimum atomic E-state index is -0.152. The second kappa shape index (κ2) is 10.5. The number of aryl methyl sites for hydroxylation is 1. The number of fused-ring (bicyclic) bond motifs is 1. The van der Waals surface area contributed by atoms with Crippen LogP contribution in [-0.2, 0) is 4.79 Å². The predicted octanol–water partition coefficient (Wildman–Crippen LogP) is 3.99. The van der Waals surface area contributed by atoms with Gasteiger partial charge in [-0.15, -0.1) is 0 Å². The van der Waals surface area contributed by atoms with E-state index in [1.165, 1.54) is 11.3 Å². The first-order valence-corrected chi connectivity index (χ1v) is 10.9. The lowest BCUT2D eigenvalue weighted by molar-refractivity contribution is -0.120. The Kier molecular flexibility index (Phi) is 7.70. The van der Waals surface area contributed by atoms with Crippen molar-refractivity contribution in [3.63, 3.8) is 0 Å². The summed E-state index contributed by atoms with van der Waals surface area (Å²) in [5.41, 5.74) is 1.88. The van der Waals surface area contributed by atoms with Gasteiger partial charge in [0.2, 0.25) is 0 Å². The van der Waals surface area contributed by atoms with Gasteiger partial charge in [0.1, 0.15) is 11.3 Å². The van der Waals surface area contributed by atoms with E-state index in [1.54, 1.807) is 31.3 Å². The maximum Gasteiger partial charge on any atom is 0.266 e. The molecule has 0 radical (unpaired) electrons. The van der Waals surface area contributed by atoms with E-state index in [1.807, 2.05) is 45.3 Å². The molecule has 8 heteroatoms. The number of rotatable bonds is 10. The number of hydrogen-bond acceptors (Lipinski definition) is 7. The fraction of sp³-hybridized carbons (Fsp3) is 0.391. The largest absolute Gasteiger partial charge is 0.494 e. The molecule has 0 aliphatic carbocycles. The Morgan fingerprint density at radius 3 is 2.39 bits per heavy atom. The van der Waals surface area contributed by atoms with Gasteiger partial charge < -0.3 is 19.1 Å². The molecule has 1 heterocycles. The highest BCUT2D eigenvalue weighted by Gasteiger charge is 2.22. The second-order valence-corrected chi connectivity index (χ2v) is 8.38. The first-order chi connectivity index (χ1) is 14.9. The number of amides is 1. The second-order valence-electron chi connectivity index (χ2n) is 7.40. The van der Waals surface area contributed by atoms with Crippen LogP contribution in [0.25, 0.3) is 10.2 Å². The van der Waals surface area contributed by atoms with E-state index >= 15 is 0 Å². The number of methoxy groups -OCH3 is 2. The monoisotopic (exact) mass is 443 g/mol.